The number of aromatic nitrogens is 3. The van der Waals surface area contributed by atoms with Crippen molar-refractivity contribution in [1.29, 1.82) is 0 Å². The van der Waals surface area contributed by atoms with Crippen molar-refractivity contribution in [1.82, 2.24) is 15.0 Å². The number of halogens is 3. The van der Waals surface area contributed by atoms with Gasteiger partial charge >= 0.3 is 0 Å². The maximum atomic E-state index is 6.10. The lowest BCUT2D eigenvalue weighted by atomic mass is 10.2. The normalized spacial score (nSPS) is 12.7. The molecule has 18 heavy (non-hydrogen) atoms. The van der Waals surface area contributed by atoms with Gasteiger partial charge in [0.2, 0.25) is 0 Å². The minimum absolute atomic E-state index is 0.0977. The van der Waals surface area contributed by atoms with Crippen molar-refractivity contribution in [3.63, 3.8) is 0 Å². The highest BCUT2D eigenvalue weighted by molar-refractivity contribution is 6.35. The lowest BCUT2D eigenvalue weighted by Crippen LogP contribution is -2.01. The molecule has 0 amide bonds. The lowest BCUT2D eigenvalue weighted by molar-refractivity contribution is 0.649. The molecule has 1 atom stereocenters. The highest BCUT2D eigenvalue weighted by atomic mass is 35.5. The fraction of sp³-hybridized carbons (Fsp3) is 0.333. The predicted molar refractivity (Wildman–Crippen MR) is 74.5 cm³/mol. The third-order valence-electron chi connectivity index (χ3n) is 2.58. The Hall–Kier alpha value is -0.770. The largest absolute Gasteiger partial charge is 0.248 e. The van der Waals surface area contributed by atoms with Crippen LogP contribution in [0.4, 0.5) is 0 Å². The van der Waals surface area contributed by atoms with E-state index < -0.39 is 0 Å². The third kappa shape index (κ3) is 3.16. The number of alkyl halides is 1. The topological polar surface area (TPSA) is 30.7 Å². The molecular formula is C12H12Cl3N3. The van der Waals surface area contributed by atoms with Gasteiger partial charge in [0.05, 0.1) is 18.1 Å². The lowest BCUT2D eigenvalue weighted by Gasteiger charge is -2.04. The molecule has 3 nitrogen and oxygen atoms in total. The van der Waals surface area contributed by atoms with Crippen LogP contribution in [0.25, 0.3) is 0 Å². The molecule has 2 rings (SSSR count). The number of benzene rings is 1. The van der Waals surface area contributed by atoms with Gasteiger partial charge in [-0.05, 0) is 24.1 Å². The first-order chi connectivity index (χ1) is 8.60. The molecule has 0 fully saturated rings. The molecule has 1 aromatic heterocycles. The molecule has 0 N–H and O–H groups in total. The van der Waals surface area contributed by atoms with Crippen molar-refractivity contribution in [2.75, 3.05) is 0 Å². The van der Waals surface area contributed by atoms with E-state index in [4.69, 9.17) is 34.8 Å². The molecule has 0 spiro atoms. The SMILES string of the molecule is CCC(Cl)c1cn(Cc2ccc(Cl)cc2Cl)nn1. The summed E-state index contributed by atoms with van der Waals surface area (Å²) in [5, 5.41) is 9.22. The quantitative estimate of drug-likeness (QED) is 0.787. The maximum absolute atomic E-state index is 6.10. The molecule has 1 unspecified atom stereocenters. The van der Waals surface area contributed by atoms with E-state index in [1.54, 1.807) is 16.8 Å². The zero-order chi connectivity index (χ0) is 13.1. The van der Waals surface area contributed by atoms with Gasteiger partial charge in [-0.2, -0.15) is 0 Å². The van der Waals surface area contributed by atoms with Gasteiger partial charge < -0.3 is 0 Å². The summed E-state index contributed by atoms with van der Waals surface area (Å²) in [4.78, 5) is 0. The van der Waals surface area contributed by atoms with Crippen LogP contribution in [0, 0.1) is 0 Å². The van der Waals surface area contributed by atoms with Gasteiger partial charge in [-0.3, -0.25) is 0 Å². The summed E-state index contributed by atoms with van der Waals surface area (Å²) in [6, 6.07) is 5.40. The molecule has 0 bridgehead atoms. The first kappa shape index (κ1) is 13.7. The molecule has 1 heterocycles. The van der Waals surface area contributed by atoms with Crippen LogP contribution >= 0.6 is 34.8 Å². The molecule has 0 aliphatic rings. The Morgan fingerprint density at radius 3 is 2.78 bits per heavy atom. The van der Waals surface area contributed by atoms with Gasteiger partial charge in [-0.1, -0.05) is 41.4 Å². The summed E-state index contributed by atoms with van der Waals surface area (Å²) in [6.07, 6.45) is 2.66. The van der Waals surface area contributed by atoms with Crippen molar-refractivity contribution in [3.05, 3.63) is 45.7 Å². The van der Waals surface area contributed by atoms with Gasteiger partial charge in [0.25, 0.3) is 0 Å². The van der Waals surface area contributed by atoms with Crippen LogP contribution in [-0.2, 0) is 6.54 Å². The predicted octanol–water partition coefficient (Wildman–Crippen LogP) is 4.32. The van der Waals surface area contributed by atoms with E-state index in [2.05, 4.69) is 10.3 Å². The first-order valence-corrected chi connectivity index (χ1v) is 6.77. The Labute approximate surface area is 121 Å². The minimum Gasteiger partial charge on any atom is -0.248 e. The summed E-state index contributed by atoms with van der Waals surface area (Å²) < 4.78 is 1.72. The van der Waals surface area contributed by atoms with Gasteiger partial charge in [0, 0.05) is 10.0 Å². The van der Waals surface area contributed by atoms with Crippen LogP contribution in [0.2, 0.25) is 10.0 Å². The van der Waals surface area contributed by atoms with Crippen LogP contribution in [-0.4, -0.2) is 15.0 Å². The minimum atomic E-state index is -0.0977. The Kier molecular flexibility index (Phi) is 4.49. The van der Waals surface area contributed by atoms with Crippen LogP contribution in [0.15, 0.2) is 24.4 Å². The average molecular weight is 305 g/mol. The number of nitrogens with zero attached hydrogens (tertiary/aromatic N) is 3. The van der Waals surface area contributed by atoms with Crippen LogP contribution in [0.5, 0.6) is 0 Å². The molecule has 6 heteroatoms. The third-order valence-corrected chi connectivity index (χ3v) is 3.70. The molecule has 0 radical (unpaired) electrons. The Morgan fingerprint density at radius 1 is 1.33 bits per heavy atom. The van der Waals surface area contributed by atoms with Crippen molar-refractivity contribution in [3.8, 4) is 0 Å². The van der Waals surface area contributed by atoms with E-state index in [0.717, 1.165) is 17.7 Å². The fourth-order valence-corrected chi connectivity index (χ4v) is 2.14. The van der Waals surface area contributed by atoms with E-state index in [0.29, 0.717) is 16.6 Å². The summed E-state index contributed by atoms with van der Waals surface area (Å²) >= 11 is 18.1. The summed E-state index contributed by atoms with van der Waals surface area (Å²) in [6.45, 7) is 2.56. The maximum Gasteiger partial charge on any atom is 0.101 e. The number of hydrogen-bond acceptors (Lipinski definition) is 2. The summed E-state index contributed by atoms with van der Waals surface area (Å²) in [5.41, 5.74) is 1.73. The van der Waals surface area contributed by atoms with Gasteiger partial charge in [-0.15, -0.1) is 16.7 Å². The highest BCUT2D eigenvalue weighted by Gasteiger charge is 2.10. The van der Waals surface area contributed by atoms with Gasteiger partial charge in [0.15, 0.2) is 0 Å². The summed E-state index contributed by atoms with van der Waals surface area (Å²) in [7, 11) is 0. The monoisotopic (exact) mass is 303 g/mol. The zero-order valence-corrected chi connectivity index (χ0v) is 12.0. The van der Waals surface area contributed by atoms with E-state index in [9.17, 15) is 0 Å². The molecular weight excluding hydrogens is 293 g/mol. The average Bonchev–Trinajstić information content (AvgIpc) is 2.80. The molecule has 96 valence electrons. The van der Waals surface area contributed by atoms with Gasteiger partial charge in [-0.25, -0.2) is 4.68 Å². The first-order valence-electron chi connectivity index (χ1n) is 5.58. The van der Waals surface area contributed by atoms with Crippen molar-refractivity contribution >= 4 is 34.8 Å². The van der Waals surface area contributed by atoms with E-state index in [-0.39, 0.29) is 5.38 Å². The Balaban J connectivity index is 2.16. The molecule has 1 aromatic carbocycles. The second-order valence-electron chi connectivity index (χ2n) is 3.95. The molecule has 0 saturated heterocycles. The van der Waals surface area contributed by atoms with Crippen molar-refractivity contribution in [2.24, 2.45) is 0 Å². The van der Waals surface area contributed by atoms with E-state index in [1.165, 1.54) is 0 Å². The van der Waals surface area contributed by atoms with Gasteiger partial charge in [0.1, 0.15) is 5.69 Å². The molecule has 0 saturated carbocycles. The Bertz CT molecular complexity index is 539. The smallest absolute Gasteiger partial charge is 0.101 e. The fourth-order valence-electron chi connectivity index (χ4n) is 1.57. The Morgan fingerprint density at radius 2 is 2.11 bits per heavy atom. The van der Waals surface area contributed by atoms with Crippen molar-refractivity contribution < 1.29 is 0 Å². The molecule has 0 aliphatic heterocycles. The summed E-state index contributed by atoms with van der Waals surface area (Å²) in [5.74, 6) is 0. The molecule has 0 aliphatic carbocycles. The highest BCUT2D eigenvalue weighted by Crippen LogP contribution is 2.23. The van der Waals surface area contributed by atoms with Crippen LogP contribution in [0.1, 0.15) is 30.0 Å². The van der Waals surface area contributed by atoms with Crippen molar-refractivity contribution in [2.45, 2.75) is 25.3 Å². The standard InChI is InChI=1S/C12H12Cl3N3/c1-2-10(14)12-7-18(17-16-12)6-8-3-4-9(13)5-11(8)15/h3-5,7,10H,2,6H2,1H3. The van der Waals surface area contributed by atoms with E-state index in [1.807, 2.05) is 19.2 Å². The second kappa shape index (κ2) is 5.91. The number of hydrogen-bond donors (Lipinski definition) is 0. The second-order valence-corrected chi connectivity index (χ2v) is 5.32. The molecule has 2 aromatic rings. The zero-order valence-electron chi connectivity index (χ0n) is 9.78. The van der Waals surface area contributed by atoms with E-state index >= 15 is 0 Å². The van der Waals surface area contributed by atoms with Crippen LogP contribution in [0.3, 0.4) is 0 Å². The van der Waals surface area contributed by atoms with Crippen LogP contribution < -0.4 is 0 Å². The number of rotatable bonds is 4.